The van der Waals surface area contributed by atoms with Crippen molar-refractivity contribution >= 4 is 5.95 Å². The highest BCUT2D eigenvalue weighted by molar-refractivity contribution is 5.34. The molecular formula is C10H13N5. The van der Waals surface area contributed by atoms with Crippen LogP contribution in [0.3, 0.4) is 0 Å². The topological polar surface area (TPSA) is 64.8 Å². The zero-order chi connectivity index (χ0) is 10.7. The van der Waals surface area contributed by atoms with Crippen molar-refractivity contribution in [1.82, 2.24) is 15.3 Å². The number of nitriles is 1. The predicted octanol–water partition coefficient (Wildman–Crippen LogP) is 0.146. The van der Waals surface area contributed by atoms with Gasteiger partial charge in [-0.2, -0.15) is 5.26 Å². The number of hydrogen-bond donors (Lipinski definition) is 1. The second kappa shape index (κ2) is 4.24. The molecule has 1 aromatic rings. The van der Waals surface area contributed by atoms with Crippen LogP contribution in [-0.4, -0.2) is 36.1 Å². The minimum Gasteiger partial charge on any atom is -0.340 e. The van der Waals surface area contributed by atoms with Crippen LogP contribution >= 0.6 is 0 Å². The van der Waals surface area contributed by atoms with E-state index < -0.39 is 0 Å². The van der Waals surface area contributed by atoms with Gasteiger partial charge in [-0.1, -0.05) is 0 Å². The number of likely N-dealkylation sites (N-methyl/N-ethyl adjacent to an activating group) is 1. The van der Waals surface area contributed by atoms with E-state index in [0.717, 1.165) is 19.5 Å². The molecule has 1 aromatic heterocycles. The number of nitrogens with zero attached hydrogens (tertiary/aromatic N) is 4. The average Bonchev–Trinajstić information content (AvgIpc) is 2.81. The van der Waals surface area contributed by atoms with Crippen molar-refractivity contribution in [2.24, 2.45) is 0 Å². The van der Waals surface area contributed by atoms with Crippen molar-refractivity contribution < 1.29 is 0 Å². The molecule has 1 aliphatic rings. The van der Waals surface area contributed by atoms with Gasteiger partial charge in [-0.25, -0.2) is 9.97 Å². The van der Waals surface area contributed by atoms with Gasteiger partial charge in [0.2, 0.25) is 5.95 Å². The van der Waals surface area contributed by atoms with E-state index in [1.807, 2.05) is 18.0 Å². The van der Waals surface area contributed by atoms with Gasteiger partial charge in [0.05, 0.1) is 0 Å². The van der Waals surface area contributed by atoms with Gasteiger partial charge in [-0.3, -0.25) is 0 Å². The van der Waals surface area contributed by atoms with E-state index >= 15 is 0 Å². The van der Waals surface area contributed by atoms with Gasteiger partial charge in [-0.05, 0) is 19.0 Å². The molecule has 1 aliphatic heterocycles. The van der Waals surface area contributed by atoms with Crippen LogP contribution in [0.25, 0.3) is 0 Å². The Balaban J connectivity index is 2.17. The lowest BCUT2D eigenvalue weighted by atomic mass is 10.2. The standard InChI is InChI=1S/C10H13N5/c1-15(9-3-4-12-7-9)10-13-5-2-8(6-11)14-10/h2,5,9,12H,3-4,7H2,1H3. The van der Waals surface area contributed by atoms with Crippen molar-refractivity contribution in [3.8, 4) is 6.07 Å². The quantitative estimate of drug-likeness (QED) is 0.741. The first-order chi connectivity index (χ1) is 7.31. The maximum Gasteiger partial charge on any atom is 0.226 e. The van der Waals surface area contributed by atoms with Gasteiger partial charge in [-0.15, -0.1) is 0 Å². The number of hydrogen-bond acceptors (Lipinski definition) is 5. The van der Waals surface area contributed by atoms with Crippen molar-refractivity contribution in [3.05, 3.63) is 18.0 Å². The Labute approximate surface area is 88.8 Å². The summed E-state index contributed by atoms with van der Waals surface area (Å²) >= 11 is 0. The molecule has 0 bridgehead atoms. The molecular weight excluding hydrogens is 190 g/mol. The Kier molecular flexibility index (Phi) is 2.79. The molecule has 2 rings (SSSR count). The van der Waals surface area contributed by atoms with Crippen LogP contribution in [0.2, 0.25) is 0 Å². The fourth-order valence-corrected chi connectivity index (χ4v) is 1.71. The lowest BCUT2D eigenvalue weighted by molar-refractivity contribution is 0.667. The number of nitrogens with one attached hydrogen (secondary N) is 1. The molecule has 2 heterocycles. The molecule has 15 heavy (non-hydrogen) atoms. The molecule has 0 amide bonds. The van der Waals surface area contributed by atoms with Gasteiger partial charge >= 0.3 is 0 Å². The Hall–Kier alpha value is -1.67. The summed E-state index contributed by atoms with van der Waals surface area (Å²) in [5.41, 5.74) is 0.415. The summed E-state index contributed by atoms with van der Waals surface area (Å²) in [7, 11) is 1.97. The van der Waals surface area contributed by atoms with Crippen LogP contribution < -0.4 is 10.2 Å². The second-order valence-electron chi connectivity index (χ2n) is 3.61. The van der Waals surface area contributed by atoms with Crippen molar-refractivity contribution in [2.45, 2.75) is 12.5 Å². The SMILES string of the molecule is CN(c1nccc(C#N)n1)C1CCNC1. The summed E-state index contributed by atoms with van der Waals surface area (Å²) in [5.74, 6) is 0.628. The molecule has 1 saturated heterocycles. The summed E-state index contributed by atoms with van der Waals surface area (Å²) in [4.78, 5) is 10.4. The lowest BCUT2D eigenvalue weighted by Crippen LogP contribution is -2.34. The van der Waals surface area contributed by atoms with Crippen LogP contribution in [0, 0.1) is 11.3 Å². The maximum absolute atomic E-state index is 8.74. The zero-order valence-corrected chi connectivity index (χ0v) is 8.64. The number of anilines is 1. The van der Waals surface area contributed by atoms with Gasteiger partial charge in [0.15, 0.2) is 0 Å². The monoisotopic (exact) mass is 203 g/mol. The molecule has 0 aliphatic carbocycles. The van der Waals surface area contributed by atoms with Crippen LogP contribution in [0.4, 0.5) is 5.95 Å². The zero-order valence-electron chi connectivity index (χ0n) is 8.64. The van der Waals surface area contributed by atoms with Gasteiger partial charge in [0.1, 0.15) is 11.8 Å². The summed E-state index contributed by atoms with van der Waals surface area (Å²) in [5, 5.41) is 12.0. The lowest BCUT2D eigenvalue weighted by Gasteiger charge is -2.23. The van der Waals surface area contributed by atoms with Crippen molar-refractivity contribution in [2.75, 3.05) is 25.0 Å². The fourth-order valence-electron chi connectivity index (χ4n) is 1.71. The molecule has 1 atom stereocenters. The van der Waals surface area contributed by atoms with E-state index in [9.17, 15) is 0 Å². The van der Waals surface area contributed by atoms with E-state index in [-0.39, 0.29) is 0 Å². The normalized spacial score (nSPS) is 19.9. The minimum absolute atomic E-state index is 0.415. The Morgan fingerprint density at radius 2 is 2.53 bits per heavy atom. The Morgan fingerprint density at radius 3 is 3.20 bits per heavy atom. The number of aromatic nitrogens is 2. The first-order valence-corrected chi connectivity index (χ1v) is 4.98. The van der Waals surface area contributed by atoms with E-state index in [2.05, 4.69) is 15.3 Å². The second-order valence-corrected chi connectivity index (χ2v) is 3.61. The van der Waals surface area contributed by atoms with E-state index in [1.54, 1.807) is 12.3 Å². The molecule has 0 saturated carbocycles. The first-order valence-electron chi connectivity index (χ1n) is 4.98. The summed E-state index contributed by atoms with van der Waals surface area (Å²) in [6.45, 7) is 1.99. The first kappa shape index (κ1) is 9.87. The highest BCUT2D eigenvalue weighted by Crippen LogP contribution is 2.13. The highest BCUT2D eigenvalue weighted by Gasteiger charge is 2.21. The van der Waals surface area contributed by atoms with Gasteiger partial charge in [0, 0.05) is 25.8 Å². The molecule has 1 N–H and O–H groups in total. The molecule has 0 radical (unpaired) electrons. The van der Waals surface area contributed by atoms with Crippen molar-refractivity contribution in [1.29, 1.82) is 5.26 Å². The summed E-state index contributed by atoms with van der Waals surface area (Å²) in [6.07, 6.45) is 2.72. The summed E-state index contributed by atoms with van der Waals surface area (Å²) in [6, 6.07) is 4.06. The minimum atomic E-state index is 0.415. The van der Waals surface area contributed by atoms with Gasteiger partial charge in [0.25, 0.3) is 0 Å². The van der Waals surface area contributed by atoms with Crippen LogP contribution in [0.15, 0.2) is 12.3 Å². The molecule has 0 aromatic carbocycles. The average molecular weight is 203 g/mol. The molecule has 1 unspecified atom stereocenters. The molecule has 0 spiro atoms. The molecule has 5 heteroatoms. The fraction of sp³-hybridized carbons (Fsp3) is 0.500. The highest BCUT2D eigenvalue weighted by atomic mass is 15.3. The van der Waals surface area contributed by atoms with Crippen molar-refractivity contribution in [3.63, 3.8) is 0 Å². The van der Waals surface area contributed by atoms with Crippen LogP contribution in [-0.2, 0) is 0 Å². The van der Waals surface area contributed by atoms with E-state index in [1.165, 1.54) is 0 Å². The third-order valence-electron chi connectivity index (χ3n) is 2.65. The van der Waals surface area contributed by atoms with E-state index in [4.69, 9.17) is 5.26 Å². The Bertz CT molecular complexity index is 378. The predicted molar refractivity (Wildman–Crippen MR) is 56.4 cm³/mol. The summed E-state index contributed by atoms with van der Waals surface area (Å²) < 4.78 is 0. The van der Waals surface area contributed by atoms with Crippen LogP contribution in [0.1, 0.15) is 12.1 Å². The van der Waals surface area contributed by atoms with Crippen LogP contribution in [0.5, 0.6) is 0 Å². The molecule has 5 nitrogen and oxygen atoms in total. The van der Waals surface area contributed by atoms with E-state index in [0.29, 0.717) is 17.7 Å². The smallest absolute Gasteiger partial charge is 0.226 e. The maximum atomic E-state index is 8.74. The third kappa shape index (κ3) is 2.05. The molecule has 1 fully saturated rings. The molecule has 78 valence electrons. The number of rotatable bonds is 2. The Morgan fingerprint density at radius 1 is 1.67 bits per heavy atom. The van der Waals surface area contributed by atoms with Gasteiger partial charge < -0.3 is 10.2 Å². The third-order valence-corrected chi connectivity index (χ3v) is 2.65. The largest absolute Gasteiger partial charge is 0.340 e.